The molecule has 10 nitrogen and oxygen atoms in total. The lowest BCUT2D eigenvalue weighted by atomic mass is 10.1. The fourth-order valence-electron chi connectivity index (χ4n) is 3.48. The third-order valence-electron chi connectivity index (χ3n) is 5.39. The Hall–Kier alpha value is -4.86. The summed E-state index contributed by atoms with van der Waals surface area (Å²) in [5.41, 5.74) is 3.22. The summed E-state index contributed by atoms with van der Waals surface area (Å²) in [7, 11) is 0. The van der Waals surface area contributed by atoms with Crippen molar-refractivity contribution in [2.24, 2.45) is 10.2 Å². The van der Waals surface area contributed by atoms with Crippen LogP contribution >= 0.6 is 0 Å². The van der Waals surface area contributed by atoms with E-state index in [4.69, 9.17) is 9.47 Å². The molecule has 0 unspecified atom stereocenters. The molecule has 0 fully saturated rings. The normalized spacial score (nSPS) is 10.7. The van der Waals surface area contributed by atoms with Gasteiger partial charge in [-0.3, -0.25) is 14.9 Å². The lowest BCUT2D eigenvalue weighted by molar-refractivity contribution is -0.384. The van der Waals surface area contributed by atoms with Crippen LogP contribution in [-0.4, -0.2) is 36.6 Å². The minimum Gasteiger partial charge on any atom is -0.490 e. The average Bonchev–Trinajstić information content (AvgIpc) is 2.91. The van der Waals surface area contributed by atoms with Crippen LogP contribution in [0.15, 0.2) is 89.1 Å². The van der Waals surface area contributed by atoms with Crippen LogP contribution in [0.5, 0.6) is 5.75 Å². The standard InChI is InChI=1S/C28H28N4O6/c1-5-31(27(33)21-9-12-25(13-10-21)37-15-16-38-28(34)19(2)3)26-14-11-23(17-20(26)4)30-29-22-7-6-8-24(18-22)32(35)36/h6-14,17-18H,2,5,15-16H2,1,3-4H3. The highest BCUT2D eigenvalue weighted by atomic mass is 16.6. The van der Waals surface area contributed by atoms with Gasteiger partial charge in [0.2, 0.25) is 0 Å². The number of esters is 1. The molecular formula is C28H28N4O6. The van der Waals surface area contributed by atoms with Gasteiger partial charge in [-0.25, -0.2) is 4.79 Å². The third kappa shape index (κ3) is 7.33. The molecule has 196 valence electrons. The Morgan fingerprint density at radius 3 is 2.29 bits per heavy atom. The van der Waals surface area contributed by atoms with E-state index in [1.165, 1.54) is 12.1 Å². The van der Waals surface area contributed by atoms with Crippen molar-refractivity contribution in [3.8, 4) is 5.75 Å². The van der Waals surface area contributed by atoms with Crippen LogP contribution in [0.1, 0.15) is 29.8 Å². The molecule has 3 aromatic carbocycles. The average molecular weight is 517 g/mol. The number of hydrogen-bond donors (Lipinski definition) is 0. The largest absolute Gasteiger partial charge is 0.490 e. The molecule has 3 aromatic rings. The number of azo groups is 1. The summed E-state index contributed by atoms with van der Waals surface area (Å²) in [5, 5.41) is 19.2. The van der Waals surface area contributed by atoms with Gasteiger partial charge in [0, 0.05) is 35.5 Å². The molecule has 38 heavy (non-hydrogen) atoms. The van der Waals surface area contributed by atoms with Crippen LogP contribution in [0, 0.1) is 17.0 Å². The molecule has 0 aliphatic carbocycles. The number of ether oxygens (including phenoxy) is 2. The minimum absolute atomic E-state index is 0.0613. The van der Waals surface area contributed by atoms with Gasteiger partial charge in [0.25, 0.3) is 11.6 Å². The van der Waals surface area contributed by atoms with Gasteiger partial charge in [0.1, 0.15) is 19.0 Å². The van der Waals surface area contributed by atoms with E-state index >= 15 is 0 Å². The summed E-state index contributed by atoms with van der Waals surface area (Å²) < 4.78 is 10.6. The number of non-ortho nitro benzene ring substituents is 1. The molecule has 0 atom stereocenters. The van der Waals surface area contributed by atoms with Crippen LogP contribution in [-0.2, 0) is 9.53 Å². The van der Waals surface area contributed by atoms with E-state index in [0.29, 0.717) is 34.8 Å². The van der Waals surface area contributed by atoms with Crippen molar-refractivity contribution in [3.05, 3.63) is 100 Å². The van der Waals surface area contributed by atoms with Gasteiger partial charge in [0.05, 0.1) is 16.3 Å². The van der Waals surface area contributed by atoms with E-state index in [1.54, 1.807) is 66.4 Å². The Morgan fingerprint density at radius 1 is 1.00 bits per heavy atom. The van der Waals surface area contributed by atoms with Crippen molar-refractivity contribution in [1.82, 2.24) is 0 Å². The molecule has 0 aromatic heterocycles. The quantitative estimate of drug-likeness (QED) is 0.0717. The molecule has 0 N–H and O–H groups in total. The first-order valence-electron chi connectivity index (χ1n) is 11.8. The zero-order valence-electron chi connectivity index (χ0n) is 21.4. The van der Waals surface area contributed by atoms with E-state index in [2.05, 4.69) is 16.8 Å². The first-order valence-corrected chi connectivity index (χ1v) is 11.8. The van der Waals surface area contributed by atoms with Crippen molar-refractivity contribution >= 4 is 34.6 Å². The molecule has 0 aliphatic heterocycles. The Balaban J connectivity index is 1.66. The van der Waals surface area contributed by atoms with Crippen LogP contribution in [0.2, 0.25) is 0 Å². The number of amides is 1. The van der Waals surface area contributed by atoms with Crippen LogP contribution in [0.3, 0.4) is 0 Å². The number of nitro benzene ring substituents is 1. The highest BCUT2D eigenvalue weighted by Crippen LogP contribution is 2.28. The third-order valence-corrected chi connectivity index (χ3v) is 5.39. The number of aryl methyl sites for hydroxylation is 1. The van der Waals surface area contributed by atoms with E-state index < -0.39 is 10.9 Å². The monoisotopic (exact) mass is 516 g/mol. The second kappa shape index (κ2) is 12.9. The van der Waals surface area contributed by atoms with Gasteiger partial charge in [-0.05, 0) is 74.9 Å². The molecule has 0 bridgehead atoms. The van der Waals surface area contributed by atoms with E-state index in [-0.39, 0.29) is 24.8 Å². The molecule has 0 heterocycles. The van der Waals surface area contributed by atoms with Gasteiger partial charge >= 0.3 is 5.97 Å². The summed E-state index contributed by atoms with van der Waals surface area (Å²) in [6.07, 6.45) is 0. The smallest absolute Gasteiger partial charge is 0.333 e. The highest BCUT2D eigenvalue weighted by molar-refractivity contribution is 6.06. The molecule has 3 rings (SSSR count). The Morgan fingerprint density at radius 2 is 1.68 bits per heavy atom. The molecule has 10 heteroatoms. The second-order valence-electron chi connectivity index (χ2n) is 8.29. The van der Waals surface area contributed by atoms with Crippen molar-refractivity contribution in [1.29, 1.82) is 0 Å². The Labute approximate surface area is 220 Å². The fourth-order valence-corrected chi connectivity index (χ4v) is 3.48. The SMILES string of the molecule is C=C(C)C(=O)OCCOc1ccc(C(=O)N(CC)c2ccc(N=Nc3cccc([N+](=O)[O-])c3)cc2C)cc1. The number of carbonyl (C=O) groups excluding carboxylic acids is 2. The minimum atomic E-state index is -0.487. The summed E-state index contributed by atoms with van der Waals surface area (Å²) in [5.74, 6) is -0.0998. The van der Waals surface area contributed by atoms with Crippen molar-refractivity contribution in [3.63, 3.8) is 0 Å². The summed E-state index contributed by atoms with van der Waals surface area (Å²) in [4.78, 5) is 36.8. The number of anilines is 1. The first kappa shape index (κ1) is 27.7. The van der Waals surface area contributed by atoms with Gasteiger partial charge in [-0.1, -0.05) is 12.6 Å². The maximum atomic E-state index is 13.2. The maximum absolute atomic E-state index is 13.2. The topological polar surface area (TPSA) is 124 Å². The summed E-state index contributed by atoms with van der Waals surface area (Å²) in [6.45, 7) is 9.56. The maximum Gasteiger partial charge on any atom is 0.333 e. The van der Waals surface area contributed by atoms with E-state index in [1.807, 2.05) is 13.8 Å². The van der Waals surface area contributed by atoms with E-state index in [0.717, 1.165) is 11.3 Å². The molecule has 1 amide bonds. The zero-order valence-corrected chi connectivity index (χ0v) is 21.4. The van der Waals surface area contributed by atoms with Crippen molar-refractivity contribution < 1.29 is 24.0 Å². The van der Waals surface area contributed by atoms with Crippen molar-refractivity contribution in [2.45, 2.75) is 20.8 Å². The molecule has 0 spiro atoms. The lowest BCUT2D eigenvalue weighted by Crippen LogP contribution is -2.31. The van der Waals surface area contributed by atoms with Gasteiger partial charge in [0.15, 0.2) is 0 Å². The predicted octanol–water partition coefficient (Wildman–Crippen LogP) is 6.48. The van der Waals surface area contributed by atoms with Crippen LogP contribution in [0.25, 0.3) is 0 Å². The van der Waals surface area contributed by atoms with Gasteiger partial charge in [-0.2, -0.15) is 10.2 Å². The zero-order chi connectivity index (χ0) is 27.7. The summed E-state index contributed by atoms with van der Waals surface area (Å²) in [6, 6.07) is 18.0. The van der Waals surface area contributed by atoms with Crippen LogP contribution < -0.4 is 9.64 Å². The van der Waals surface area contributed by atoms with Gasteiger partial charge < -0.3 is 14.4 Å². The molecule has 0 radical (unpaired) electrons. The Kier molecular flexibility index (Phi) is 9.42. The first-order chi connectivity index (χ1) is 18.2. The number of nitrogens with zero attached hydrogens (tertiary/aromatic N) is 4. The number of carbonyl (C=O) groups is 2. The second-order valence-corrected chi connectivity index (χ2v) is 8.29. The van der Waals surface area contributed by atoms with Crippen LogP contribution in [0.4, 0.5) is 22.7 Å². The number of benzene rings is 3. The fraction of sp³-hybridized carbons (Fsp3) is 0.214. The number of nitro groups is 1. The van der Waals surface area contributed by atoms with E-state index in [9.17, 15) is 19.7 Å². The number of rotatable bonds is 11. The highest BCUT2D eigenvalue weighted by Gasteiger charge is 2.18. The molecule has 0 aliphatic rings. The summed E-state index contributed by atoms with van der Waals surface area (Å²) >= 11 is 0. The number of hydrogen-bond acceptors (Lipinski definition) is 8. The molecule has 0 saturated heterocycles. The Bertz CT molecular complexity index is 1370. The van der Waals surface area contributed by atoms with Gasteiger partial charge in [-0.15, -0.1) is 0 Å². The molecular weight excluding hydrogens is 488 g/mol. The molecule has 0 saturated carbocycles. The van der Waals surface area contributed by atoms with Crippen molar-refractivity contribution in [2.75, 3.05) is 24.7 Å². The lowest BCUT2D eigenvalue weighted by Gasteiger charge is -2.23. The predicted molar refractivity (Wildman–Crippen MR) is 144 cm³/mol.